The highest BCUT2D eigenvalue weighted by molar-refractivity contribution is 6.52. The topological polar surface area (TPSA) is 27.7 Å². The van der Waals surface area contributed by atoms with Crippen LogP contribution in [-0.2, 0) is 13.3 Å². The van der Waals surface area contributed by atoms with E-state index in [2.05, 4.69) is 0 Å². The lowest BCUT2D eigenvalue weighted by molar-refractivity contribution is 0.00114. The molecule has 17 heavy (non-hydrogen) atoms. The highest BCUT2D eigenvalue weighted by Crippen LogP contribution is 2.16. The molecule has 0 rings (SSSR count). The number of hydrogen-bond acceptors (Lipinski definition) is 3. The second-order valence-electron chi connectivity index (χ2n) is 5.60. The van der Waals surface area contributed by atoms with E-state index in [1.54, 1.807) is 0 Å². The van der Waals surface area contributed by atoms with Gasteiger partial charge in [0.2, 0.25) is 0 Å². The quantitative estimate of drug-likeness (QED) is 0.473. The minimum atomic E-state index is -3.94. The summed E-state index contributed by atoms with van der Waals surface area (Å²) in [6.07, 6.45) is 0. The van der Waals surface area contributed by atoms with E-state index >= 15 is 0 Å². The number of halogens is 1. The van der Waals surface area contributed by atoms with Crippen LogP contribution in [0.5, 0.6) is 0 Å². The summed E-state index contributed by atoms with van der Waals surface area (Å²) in [6, 6.07) is 0. The summed E-state index contributed by atoms with van der Waals surface area (Å²) in [5.41, 5.74) is 0. The van der Waals surface area contributed by atoms with Crippen LogP contribution in [0.1, 0.15) is 41.5 Å². The predicted molar refractivity (Wildman–Crippen MR) is 69.2 cm³/mol. The first-order valence-electron chi connectivity index (χ1n) is 6.36. The van der Waals surface area contributed by atoms with Crippen LogP contribution in [0.25, 0.3) is 0 Å². The number of rotatable bonds is 9. The monoisotopic (exact) mass is 266 g/mol. The summed E-state index contributed by atoms with van der Waals surface area (Å²) >= 11 is 0. The third-order valence-electron chi connectivity index (χ3n) is 1.77. The van der Waals surface area contributed by atoms with Gasteiger partial charge in [0, 0.05) is 19.8 Å². The van der Waals surface area contributed by atoms with Crippen LogP contribution in [0.2, 0.25) is 0 Å². The minimum Gasteiger partial charge on any atom is -0.348 e. The van der Waals surface area contributed by atoms with Gasteiger partial charge >= 0.3 is 9.14 Å². The van der Waals surface area contributed by atoms with Crippen LogP contribution in [-0.4, -0.2) is 29.0 Å². The van der Waals surface area contributed by atoms with E-state index in [9.17, 15) is 4.11 Å². The van der Waals surface area contributed by atoms with E-state index < -0.39 is 9.14 Å². The summed E-state index contributed by atoms with van der Waals surface area (Å²) in [6.45, 7) is 12.8. The van der Waals surface area contributed by atoms with E-state index in [1.165, 1.54) is 0 Å². The van der Waals surface area contributed by atoms with Crippen molar-refractivity contribution in [3.8, 4) is 0 Å². The Balaban J connectivity index is 4.23. The van der Waals surface area contributed by atoms with Gasteiger partial charge in [0.15, 0.2) is 0 Å². The molecule has 0 aromatic carbocycles. The summed E-state index contributed by atoms with van der Waals surface area (Å²) in [5.74, 6) is 0.800. The van der Waals surface area contributed by atoms with Gasteiger partial charge in [-0.05, 0) is 17.8 Å². The molecule has 0 aliphatic rings. The second-order valence-corrected chi connectivity index (χ2v) is 7.42. The van der Waals surface area contributed by atoms with Crippen molar-refractivity contribution in [3.63, 3.8) is 0 Å². The Hall–Kier alpha value is 0.0269. The Kier molecular flexibility index (Phi) is 8.20. The maximum atomic E-state index is 14.3. The van der Waals surface area contributed by atoms with Gasteiger partial charge in [0.05, 0.1) is 0 Å². The molecule has 0 atom stereocenters. The molecule has 104 valence electrons. The van der Waals surface area contributed by atoms with Crippen LogP contribution in [0.4, 0.5) is 4.11 Å². The van der Waals surface area contributed by atoms with Crippen molar-refractivity contribution in [1.82, 2.24) is 0 Å². The highest BCUT2D eigenvalue weighted by atomic mass is 28.4. The van der Waals surface area contributed by atoms with Crippen molar-refractivity contribution in [3.05, 3.63) is 0 Å². The molecule has 0 aliphatic carbocycles. The van der Waals surface area contributed by atoms with Crippen LogP contribution in [0.15, 0.2) is 0 Å². The molecule has 0 unspecified atom stereocenters. The first-order chi connectivity index (χ1) is 7.75. The first kappa shape index (κ1) is 17.0. The molecule has 0 amide bonds. The lowest BCUT2D eigenvalue weighted by Gasteiger charge is -2.23. The fourth-order valence-electron chi connectivity index (χ4n) is 0.924. The molecule has 0 fully saturated rings. The molecule has 0 aliphatic heterocycles. The van der Waals surface area contributed by atoms with Gasteiger partial charge in [0.1, 0.15) is 0 Å². The van der Waals surface area contributed by atoms with Crippen molar-refractivity contribution in [2.75, 3.05) is 19.8 Å². The highest BCUT2D eigenvalue weighted by Gasteiger charge is 2.45. The maximum Gasteiger partial charge on any atom is 0.720 e. The van der Waals surface area contributed by atoms with E-state index in [0.717, 1.165) is 0 Å². The smallest absolute Gasteiger partial charge is 0.348 e. The zero-order chi connectivity index (χ0) is 13.5. The van der Waals surface area contributed by atoms with E-state index in [0.29, 0.717) is 19.8 Å². The van der Waals surface area contributed by atoms with Gasteiger partial charge < -0.3 is 13.3 Å². The third-order valence-corrected chi connectivity index (χ3v) is 3.30. The van der Waals surface area contributed by atoms with Crippen molar-refractivity contribution < 1.29 is 17.4 Å². The molecule has 0 saturated heterocycles. The Morgan fingerprint density at radius 1 is 0.706 bits per heavy atom. The van der Waals surface area contributed by atoms with E-state index in [4.69, 9.17) is 13.3 Å². The molecule has 3 nitrogen and oxygen atoms in total. The summed E-state index contributed by atoms with van der Waals surface area (Å²) in [5, 5.41) is 0. The van der Waals surface area contributed by atoms with E-state index in [1.807, 2.05) is 41.5 Å². The normalized spacial score (nSPS) is 13.1. The van der Waals surface area contributed by atoms with Crippen molar-refractivity contribution >= 4 is 9.14 Å². The number of hydrogen-bond donors (Lipinski definition) is 0. The van der Waals surface area contributed by atoms with Crippen LogP contribution in [0, 0.1) is 17.8 Å². The molecular formula is C12H27FO3Si. The Labute approximate surface area is 106 Å². The Bertz CT molecular complexity index is 167. The summed E-state index contributed by atoms with van der Waals surface area (Å²) < 4.78 is 30.0. The zero-order valence-electron chi connectivity index (χ0n) is 12.0. The minimum absolute atomic E-state index is 0.267. The predicted octanol–water partition coefficient (Wildman–Crippen LogP) is 3.41. The molecule has 0 N–H and O–H groups in total. The molecule has 0 heterocycles. The van der Waals surface area contributed by atoms with Crippen molar-refractivity contribution in [1.29, 1.82) is 0 Å². The van der Waals surface area contributed by atoms with E-state index in [-0.39, 0.29) is 17.8 Å². The molecule has 0 radical (unpaired) electrons. The average molecular weight is 266 g/mol. The summed E-state index contributed by atoms with van der Waals surface area (Å²) in [4.78, 5) is 0. The van der Waals surface area contributed by atoms with Gasteiger partial charge in [-0.1, -0.05) is 41.5 Å². The first-order valence-corrected chi connectivity index (χ1v) is 7.96. The van der Waals surface area contributed by atoms with Gasteiger partial charge in [-0.15, -0.1) is 0 Å². The van der Waals surface area contributed by atoms with Crippen molar-refractivity contribution in [2.24, 2.45) is 17.8 Å². The fraction of sp³-hybridized carbons (Fsp3) is 1.00. The maximum absolute atomic E-state index is 14.3. The lowest BCUT2D eigenvalue weighted by atomic mass is 10.2. The van der Waals surface area contributed by atoms with Crippen LogP contribution >= 0.6 is 0 Å². The van der Waals surface area contributed by atoms with Gasteiger partial charge in [-0.25, -0.2) is 4.11 Å². The second kappa shape index (κ2) is 8.19. The SMILES string of the molecule is CC(C)CO[Si](F)(OCC(C)C)OCC(C)C. The van der Waals surface area contributed by atoms with Gasteiger partial charge in [-0.3, -0.25) is 0 Å². The molecule has 0 bridgehead atoms. The molecule has 0 saturated carbocycles. The van der Waals surface area contributed by atoms with Gasteiger partial charge in [-0.2, -0.15) is 0 Å². The van der Waals surface area contributed by atoms with Crippen molar-refractivity contribution in [2.45, 2.75) is 41.5 Å². The summed E-state index contributed by atoms with van der Waals surface area (Å²) in [7, 11) is -3.94. The van der Waals surface area contributed by atoms with Crippen LogP contribution < -0.4 is 0 Å². The molecule has 0 aromatic heterocycles. The molecule has 5 heteroatoms. The zero-order valence-corrected chi connectivity index (χ0v) is 13.0. The standard InChI is InChI=1S/C12H27FO3Si/c1-10(2)7-14-17(13,15-8-11(3)4)16-9-12(5)6/h10-12H,7-9H2,1-6H3. The Morgan fingerprint density at radius 2 is 0.941 bits per heavy atom. The van der Waals surface area contributed by atoms with Crippen LogP contribution in [0.3, 0.4) is 0 Å². The third kappa shape index (κ3) is 9.70. The molecular weight excluding hydrogens is 239 g/mol. The van der Waals surface area contributed by atoms with Gasteiger partial charge in [0.25, 0.3) is 0 Å². The molecule has 0 spiro atoms. The average Bonchev–Trinajstić information content (AvgIpc) is 2.21. The fourth-order valence-corrected chi connectivity index (χ4v) is 2.77. The Morgan fingerprint density at radius 3 is 1.12 bits per heavy atom. The molecule has 0 aromatic rings. The lowest BCUT2D eigenvalue weighted by Crippen LogP contribution is -2.44. The largest absolute Gasteiger partial charge is 0.720 e.